The second-order valence-corrected chi connectivity index (χ2v) is 5.92. The fourth-order valence-corrected chi connectivity index (χ4v) is 2.96. The summed E-state index contributed by atoms with van der Waals surface area (Å²) in [5.74, 6) is 5.28. The molecule has 18 heavy (non-hydrogen) atoms. The van der Waals surface area contributed by atoms with Gasteiger partial charge in [0.2, 0.25) is 16.0 Å². The van der Waals surface area contributed by atoms with Crippen molar-refractivity contribution < 1.29 is 13.2 Å². The van der Waals surface area contributed by atoms with E-state index < -0.39 is 10.0 Å². The van der Waals surface area contributed by atoms with Crippen LogP contribution in [-0.2, 0) is 14.8 Å². The zero-order chi connectivity index (χ0) is 13.2. The van der Waals surface area contributed by atoms with Gasteiger partial charge in [0.1, 0.15) is 4.90 Å². The molecule has 1 fully saturated rings. The molecule has 0 aromatic carbocycles. The number of hydrazine groups is 1. The van der Waals surface area contributed by atoms with Gasteiger partial charge in [-0.2, -0.15) is 4.31 Å². The molecular weight excluding hydrogens is 258 g/mol. The third-order valence-corrected chi connectivity index (χ3v) is 4.72. The van der Waals surface area contributed by atoms with Crippen LogP contribution in [0.2, 0.25) is 0 Å². The Labute approximate surface area is 105 Å². The first-order valence-electron chi connectivity index (χ1n) is 5.40. The molecule has 1 aromatic heterocycles. The lowest BCUT2D eigenvalue weighted by molar-refractivity contribution is 0.181. The summed E-state index contributed by atoms with van der Waals surface area (Å²) in [7, 11) is -2.06. The number of likely N-dealkylation sites (N-methyl/N-ethyl adjacent to an activating group) is 1. The van der Waals surface area contributed by atoms with Crippen molar-refractivity contribution in [3.05, 3.63) is 12.4 Å². The molecule has 2 heterocycles. The SMILES string of the molecule is CN(C1CCOC1)S(=O)(=O)c1cnc(NN)nc1. The van der Waals surface area contributed by atoms with Crippen LogP contribution in [-0.4, -0.2) is 49.0 Å². The lowest BCUT2D eigenvalue weighted by Crippen LogP contribution is -2.37. The molecule has 1 aliphatic rings. The minimum atomic E-state index is -3.59. The average Bonchev–Trinajstić information content (AvgIpc) is 2.91. The maximum Gasteiger partial charge on any atom is 0.246 e. The molecule has 1 aromatic rings. The van der Waals surface area contributed by atoms with Crippen LogP contribution in [0.15, 0.2) is 17.3 Å². The Morgan fingerprint density at radius 3 is 2.67 bits per heavy atom. The highest BCUT2D eigenvalue weighted by molar-refractivity contribution is 7.89. The first-order chi connectivity index (χ1) is 8.55. The minimum absolute atomic E-state index is 0.0379. The fourth-order valence-electron chi connectivity index (χ4n) is 1.70. The van der Waals surface area contributed by atoms with Crippen molar-refractivity contribution in [2.75, 3.05) is 25.7 Å². The molecular formula is C9H15N5O3S. The van der Waals surface area contributed by atoms with E-state index in [1.165, 1.54) is 23.7 Å². The van der Waals surface area contributed by atoms with Crippen molar-refractivity contribution in [1.29, 1.82) is 0 Å². The van der Waals surface area contributed by atoms with E-state index in [0.717, 1.165) is 0 Å². The Bertz CT molecular complexity index is 497. The van der Waals surface area contributed by atoms with Gasteiger partial charge in [0.15, 0.2) is 0 Å². The van der Waals surface area contributed by atoms with E-state index in [4.69, 9.17) is 10.6 Å². The van der Waals surface area contributed by atoms with E-state index in [-0.39, 0.29) is 16.9 Å². The topological polar surface area (TPSA) is 110 Å². The van der Waals surface area contributed by atoms with Crippen molar-refractivity contribution in [2.45, 2.75) is 17.4 Å². The monoisotopic (exact) mass is 273 g/mol. The highest BCUT2D eigenvalue weighted by Crippen LogP contribution is 2.19. The van der Waals surface area contributed by atoms with E-state index in [0.29, 0.717) is 19.6 Å². The number of ether oxygens (including phenoxy) is 1. The Balaban J connectivity index is 2.23. The number of hydrogen-bond acceptors (Lipinski definition) is 7. The molecule has 9 heteroatoms. The molecule has 0 radical (unpaired) electrons. The van der Waals surface area contributed by atoms with Crippen LogP contribution >= 0.6 is 0 Å². The number of aromatic nitrogens is 2. The van der Waals surface area contributed by atoms with Crippen molar-refractivity contribution in [1.82, 2.24) is 14.3 Å². The molecule has 0 saturated carbocycles. The summed E-state index contributed by atoms with van der Waals surface area (Å²) in [4.78, 5) is 7.61. The molecule has 1 unspecified atom stereocenters. The second-order valence-electron chi connectivity index (χ2n) is 3.93. The van der Waals surface area contributed by atoms with E-state index in [2.05, 4.69) is 15.4 Å². The molecule has 8 nitrogen and oxygen atoms in total. The minimum Gasteiger partial charge on any atom is -0.380 e. The fraction of sp³-hybridized carbons (Fsp3) is 0.556. The lowest BCUT2D eigenvalue weighted by Gasteiger charge is -2.22. The van der Waals surface area contributed by atoms with Gasteiger partial charge in [0.25, 0.3) is 0 Å². The van der Waals surface area contributed by atoms with Crippen LogP contribution in [0.1, 0.15) is 6.42 Å². The third kappa shape index (κ3) is 2.43. The van der Waals surface area contributed by atoms with Crippen LogP contribution in [0.3, 0.4) is 0 Å². The number of nitrogens with two attached hydrogens (primary N) is 1. The molecule has 1 saturated heterocycles. The maximum atomic E-state index is 12.3. The first-order valence-corrected chi connectivity index (χ1v) is 6.84. The molecule has 0 aliphatic carbocycles. The highest BCUT2D eigenvalue weighted by atomic mass is 32.2. The van der Waals surface area contributed by atoms with E-state index >= 15 is 0 Å². The maximum absolute atomic E-state index is 12.3. The average molecular weight is 273 g/mol. The van der Waals surface area contributed by atoms with Gasteiger partial charge >= 0.3 is 0 Å². The van der Waals surface area contributed by atoms with Gasteiger partial charge in [0.05, 0.1) is 25.0 Å². The Morgan fingerprint density at radius 1 is 1.50 bits per heavy atom. The Morgan fingerprint density at radius 2 is 2.17 bits per heavy atom. The predicted molar refractivity (Wildman–Crippen MR) is 64.0 cm³/mol. The summed E-state index contributed by atoms with van der Waals surface area (Å²) < 4.78 is 31.0. The third-order valence-electron chi connectivity index (χ3n) is 2.85. The number of anilines is 1. The van der Waals surface area contributed by atoms with Crippen LogP contribution in [0.5, 0.6) is 0 Å². The molecule has 3 N–H and O–H groups in total. The summed E-state index contributed by atoms with van der Waals surface area (Å²) in [6, 6.07) is -0.137. The van der Waals surface area contributed by atoms with Crippen LogP contribution in [0.25, 0.3) is 0 Å². The van der Waals surface area contributed by atoms with E-state index in [9.17, 15) is 8.42 Å². The van der Waals surface area contributed by atoms with Gasteiger partial charge in [-0.3, -0.25) is 5.43 Å². The number of rotatable bonds is 4. The van der Waals surface area contributed by atoms with Crippen LogP contribution < -0.4 is 11.3 Å². The zero-order valence-electron chi connectivity index (χ0n) is 9.91. The second kappa shape index (κ2) is 5.14. The summed E-state index contributed by atoms with van der Waals surface area (Å²) in [6.07, 6.45) is 3.15. The summed E-state index contributed by atoms with van der Waals surface area (Å²) in [5.41, 5.74) is 2.24. The Hall–Kier alpha value is -1.29. The summed E-state index contributed by atoms with van der Waals surface area (Å²) in [6.45, 7) is 0.996. The van der Waals surface area contributed by atoms with Crippen LogP contribution in [0, 0.1) is 0 Å². The van der Waals surface area contributed by atoms with Gasteiger partial charge in [-0.25, -0.2) is 24.2 Å². The molecule has 1 atom stereocenters. The van der Waals surface area contributed by atoms with Gasteiger partial charge in [-0.05, 0) is 6.42 Å². The van der Waals surface area contributed by atoms with E-state index in [1.54, 1.807) is 0 Å². The largest absolute Gasteiger partial charge is 0.380 e. The molecule has 1 aliphatic heterocycles. The van der Waals surface area contributed by atoms with Gasteiger partial charge < -0.3 is 4.74 Å². The van der Waals surface area contributed by atoms with Crippen molar-refractivity contribution >= 4 is 16.0 Å². The number of nitrogen functional groups attached to an aromatic ring is 1. The molecule has 100 valence electrons. The van der Waals surface area contributed by atoms with Crippen molar-refractivity contribution in [2.24, 2.45) is 5.84 Å². The van der Waals surface area contributed by atoms with Gasteiger partial charge in [-0.1, -0.05) is 0 Å². The van der Waals surface area contributed by atoms with Crippen molar-refractivity contribution in [3.63, 3.8) is 0 Å². The molecule has 2 rings (SSSR count). The summed E-state index contributed by atoms with van der Waals surface area (Å²) in [5, 5.41) is 0. The number of nitrogens with zero attached hydrogens (tertiary/aromatic N) is 3. The highest BCUT2D eigenvalue weighted by Gasteiger charge is 2.31. The normalized spacial score (nSPS) is 20.3. The Kier molecular flexibility index (Phi) is 3.76. The van der Waals surface area contributed by atoms with E-state index in [1.807, 2.05) is 0 Å². The van der Waals surface area contributed by atoms with Crippen molar-refractivity contribution in [3.8, 4) is 0 Å². The summed E-state index contributed by atoms with van der Waals surface area (Å²) >= 11 is 0. The quantitative estimate of drug-likeness (QED) is 0.544. The van der Waals surface area contributed by atoms with Gasteiger partial charge in [0, 0.05) is 13.7 Å². The predicted octanol–water partition coefficient (Wildman–Crippen LogP) is -0.828. The zero-order valence-corrected chi connectivity index (χ0v) is 10.7. The molecule has 0 bridgehead atoms. The number of nitrogens with one attached hydrogen (secondary N) is 1. The standard InChI is InChI=1S/C9H15N5O3S/c1-14(7-2-3-17-6-7)18(15,16)8-4-11-9(13-10)12-5-8/h4-5,7H,2-3,6,10H2,1H3,(H,11,12,13). The van der Waals surface area contributed by atoms with Crippen LogP contribution in [0.4, 0.5) is 5.95 Å². The smallest absolute Gasteiger partial charge is 0.246 e. The lowest BCUT2D eigenvalue weighted by atomic mass is 10.3. The number of hydrogen-bond donors (Lipinski definition) is 2. The number of sulfonamides is 1. The molecule has 0 spiro atoms. The van der Waals surface area contributed by atoms with Gasteiger partial charge in [-0.15, -0.1) is 0 Å². The molecule has 0 amide bonds. The first kappa shape index (κ1) is 13.1.